The maximum atomic E-state index is 10.1. The maximum absolute atomic E-state index is 10.1. The zero-order valence-corrected chi connectivity index (χ0v) is 10.4. The zero-order chi connectivity index (χ0) is 11.7. The van der Waals surface area contributed by atoms with Gasteiger partial charge in [-0.2, -0.15) is 0 Å². The second kappa shape index (κ2) is 5.22. The van der Waals surface area contributed by atoms with Gasteiger partial charge in [0.05, 0.1) is 31.5 Å². The largest absolute Gasteiger partial charge is 0.391 e. The van der Waals surface area contributed by atoms with Crippen molar-refractivity contribution in [3.63, 3.8) is 0 Å². The van der Waals surface area contributed by atoms with E-state index in [1.54, 1.807) is 0 Å². The Morgan fingerprint density at radius 3 is 2.76 bits per heavy atom. The fourth-order valence-corrected chi connectivity index (χ4v) is 3.57. The smallest absolute Gasteiger partial charge is 0.0739 e. The van der Waals surface area contributed by atoms with E-state index in [0.717, 1.165) is 19.6 Å². The molecule has 0 spiro atoms. The number of morpholine rings is 1. The van der Waals surface area contributed by atoms with Gasteiger partial charge in [-0.3, -0.25) is 4.90 Å². The molecule has 3 aliphatic rings. The van der Waals surface area contributed by atoms with Gasteiger partial charge >= 0.3 is 0 Å². The van der Waals surface area contributed by atoms with E-state index in [2.05, 4.69) is 4.90 Å². The van der Waals surface area contributed by atoms with Gasteiger partial charge in [-0.05, 0) is 19.3 Å². The minimum Gasteiger partial charge on any atom is -0.391 e. The molecule has 0 aromatic carbocycles. The lowest BCUT2D eigenvalue weighted by Crippen LogP contribution is -2.61. The van der Waals surface area contributed by atoms with Crippen LogP contribution in [-0.2, 0) is 9.47 Å². The standard InChI is InChI=1S/C13H23NO3/c15-12-5-7-16-9-11(12)14-6-8-17-13-4-2-1-3-10(13)14/h10-13,15H,1-9H2. The molecule has 4 nitrogen and oxygen atoms in total. The minimum absolute atomic E-state index is 0.193. The summed E-state index contributed by atoms with van der Waals surface area (Å²) in [7, 11) is 0. The highest BCUT2D eigenvalue weighted by Gasteiger charge is 2.40. The molecule has 1 aliphatic carbocycles. The van der Waals surface area contributed by atoms with Crippen LogP contribution in [0.1, 0.15) is 32.1 Å². The first-order valence-electron chi connectivity index (χ1n) is 6.99. The predicted molar refractivity (Wildman–Crippen MR) is 63.9 cm³/mol. The average molecular weight is 241 g/mol. The molecule has 0 radical (unpaired) electrons. The number of rotatable bonds is 1. The van der Waals surface area contributed by atoms with Crippen LogP contribution in [0.4, 0.5) is 0 Å². The first-order valence-corrected chi connectivity index (χ1v) is 6.99. The molecule has 17 heavy (non-hydrogen) atoms. The summed E-state index contributed by atoms with van der Waals surface area (Å²) in [5.74, 6) is 0. The summed E-state index contributed by atoms with van der Waals surface area (Å²) in [4.78, 5) is 2.47. The Labute approximate surface area is 103 Å². The highest BCUT2D eigenvalue weighted by molar-refractivity contribution is 4.93. The molecule has 1 N–H and O–H groups in total. The highest BCUT2D eigenvalue weighted by atomic mass is 16.5. The summed E-state index contributed by atoms with van der Waals surface area (Å²) >= 11 is 0. The lowest BCUT2D eigenvalue weighted by Gasteiger charge is -2.49. The van der Waals surface area contributed by atoms with E-state index in [1.807, 2.05) is 0 Å². The molecule has 2 aliphatic heterocycles. The van der Waals surface area contributed by atoms with Gasteiger partial charge < -0.3 is 14.6 Å². The third-order valence-electron chi connectivity index (χ3n) is 4.49. The van der Waals surface area contributed by atoms with E-state index in [4.69, 9.17) is 9.47 Å². The monoisotopic (exact) mass is 241 g/mol. The van der Waals surface area contributed by atoms with Crippen LogP contribution in [0.3, 0.4) is 0 Å². The Kier molecular flexibility index (Phi) is 3.66. The van der Waals surface area contributed by atoms with E-state index in [-0.39, 0.29) is 12.1 Å². The number of ether oxygens (including phenoxy) is 2. The van der Waals surface area contributed by atoms with Crippen LogP contribution in [0.5, 0.6) is 0 Å². The molecule has 4 atom stereocenters. The number of hydrogen-bond acceptors (Lipinski definition) is 4. The van der Waals surface area contributed by atoms with Crippen LogP contribution < -0.4 is 0 Å². The van der Waals surface area contributed by atoms with Gasteiger partial charge in [0.25, 0.3) is 0 Å². The normalized spacial score (nSPS) is 44.3. The van der Waals surface area contributed by atoms with Crippen molar-refractivity contribution in [2.45, 2.75) is 56.4 Å². The van der Waals surface area contributed by atoms with Gasteiger partial charge in [-0.25, -0.2) is 0 Å². The number of aliphatic hydroxyl groups is 1. The Morgan fingerprint density at radius 2 is 1.88 bits per heavy atom. The van der Waals surface area contributed by atoms with Gasteiger partial charge in [0, 0.05) is 19.2 Å². The van der Waals surface area contributed by atoms with E-state index >= 15 is 0 Å². The minimum atomic E-state index is -0.218. The van der Waals surface area contributed by atoms with Crippen molar-refractivity contribution in [3.05, 3.63) is 0 Å². The number of hydrogen-bond donors (Lipinski definition) is 1. The van der Waals surface area contributed by atoms with Crippen LogP contribution in [0.25, 0.3) is 0 Å². The van der Waals surface area contributed by atoms with Gasteiger partial charge in [-0.1, -0.05) is 12.8 Å². The number of fused-ring (bicyclic) bond motifs is 1. The van der Waals surface area contributed by atoms with Crippen LogP contribution in [-0.4, -0.2) is 60.7 Å². The summed E-state index contributed by atoms with van der Waals surface area (Å²) in [5, 5.41) is 10.1. The van der Waals surface area contributed by atoms with Crippen molar-refractivity contribution < 1.29 is 14.6 Å². The molecule has 3 rings (SSSR count). The molecule has 0 bridgehead atoms. The van der Waals surface area contributed by atoms with Crippen LogP contribution in [0.15, 0.2) is 0 Å². The Hall–Kier alpha value is -0.160. The summed E-state index contributed by atoms with van der Waals surface area (Å²) in [6.07, 6.45) is 5.94. The van der Waals surface area contributed by atoms with Crippen molar-refractivity contribution in [2.24, 2.45) is 0 Å². The quantitative estimate of drug-likeness (QED) is 0.736. The summed E-state index contributed by atoms with van der Waals surface area (Å²) in [6.45, 7) is 3.15. The lowest BCUT2D eigenvalue weighted by atomic mass is 9.88. The SMILES string of the molecule is OC1CCOCC1N1CCOC2CCCCC21. The Bertz CT molecular complexity index is 253. The lowest BCUT2D eigenvalue weighted by molar-refractivity contribution is -0.144. The zero-order valence-electron chi connectivity index (χ0n) is 10.4. The van der Waals surface area contributed by atoms with Crippen molar-refractivity contribution in [1.82, 2.24) is 4.90 Å². The van der Waals surface area contributed by atoms with Crippen molar-refractivity contribution in [3.8, 4) is 0 Å². The van der Waals surface area contributed by atoms with Crippen LogP contribution in [0, 0.1) is 0 Å². The summed E-state index contributed by atoms with van der Waals surface area (Å²) in [6, 6.07) is 0.706. The Balaban J connectivity index is 1.71. The Morgan fingerprint density at radius 1 is 1.00 bits per heavy atom. The average Bonchev–Trinajstić information content (AvgIpc) is 2.39. The molecule has 2 saturated heterocycles. The predicted octanol–water partition coefficient (Wildman–Crippen LogP) is 0.780. The fourth-order valence-electron chi connectivity index (χ4n) is 3.57. The van der Waals surface area contributed by atoms with Crippen molar-refractivity contribution >= 4 is 0 Å². The van der Waals surface area contributed by atoms with Crippen LogP contribution in [0.2, 0.25) is 0 Å². The second-order valence-electron chi connectivity index (χ2n) is 5.50. The first-order chi connectivity index (χ1) is 8.36. The summed E-state index contributed by atoms with van der Waals surface area (Å²) < 4.78 is 11.4. The van der Waals surface area contributed by atoms with Gasteiger partial charge in [0.2, 0.25) is 0 Å². The maximum Gasteiger partial charge on any atom is 0.0739 e. The molecule has 2 heterocycles. The molecular weight excluding hydrogens is 218 g/mol. The molecule has 0 amide bonds. The van der Waals surface area contributed by atoms with Gasteiger partial charge in [0.15, 0.2) is 0 Å². The summed E-state index contributed by atoms with van der Waals surface area (Å²) in [5.41, 5.74) is 0. The second-order valence-corrected chi connectivity index (χ2v) is 5.50. The molecule has 4 unspecified atom stereocenters. The van der Waals surface area contributed by atoms with Crippen LogP contribution >= 0.6 is 0 Å². The third kappa shape index (κ3) is 2.36. The van der Waals surface area contributed by atoms with Crippen molar-refractivity contribution in [2.75, 3.05) is 26.4 Å². The van der Waals surface area contributed by atoms with Gasteiger partial charge in [0.1, 0.15) is 0 Å². The van der Waals surface area contributed by atoms with E-state index < -0.39 is 0 Å². The molecule has 0 aromatic heterocycles. The van der Waals surface area contributed by atoms with E-state index in [9.17, 15) is 5.11 Å². The molecule has 1 saturated carbocycles. The molecule has 3 fully saturated rings. The first kappa shape index (κ1) is 11.9. The molecule has 0 aromatic rings. The molecule has 98 valence electrons. The van der Waals surface area contributed by atoms with Gasteiger partial charge in [-0.15, -0.1) is 0 Å². The topological polar surface area (TPSA) is 41.9 Å². The molecular formula is C13H23NO3. The molecule has 4 heteroatoms. The van der Waals surface area contributed by atoms with E-state index in [1.165, 1.54) is 25.7 Å². The number of nitrogens with zero attached hydrogens (tertiary/aromatic N) is 1. The highest BCUT2D eigenvalue weighted by Crippen LogP contribution is 2.31. The third-order valence-corrected chi connectivity index (χ3v) is 4.49. The fraction of sp³-hybridized carbons (Fsp3) is 1.00. The van der Waals surface area contributed by atoms with E-state index in [0.29, 0.717) is 25.4 Å². The van der Waals surface area contributed by atoms with Crippen molar-refractivity contribution in [1.29, 1.82) is 0 Å². The number of aliphatic hydroxyl groups excluding tert-OH is 1.